The Balaban J connectivity index is 1.09. The van der Waals surface area contributed by atoms with Crippen LogP contribution >= 0.6 is 0 Å². The highest BCUT2D eigenvalue weighted by Crippen LogP contribution is 2.54. The molecule has 0 spiro atoms. The highest BCUT2D eigenvalue weighted by Gasteiger charge is 2.41. The van der Waals surface area contributed by atoms with Gasteiger partial charge in [-0.2, -0.15) is 0 Å². The van der Waals surface area contributed by atoms with Crippen molar-refractivity contribution in [2.75, 3.05) is 9.80 Å². The second kappa shape index (κ2) is 13.7. The van der Waals surface area contributed by atoms with Crippen LogP contribution in [0.5, 0.6) is 0 Å². The molecule has 0 N–H and O–H groups in total. The van der Waals surface area contributed by atoms with E-state index in [1.807, 2.05) is 0 Å². The summed E-state index contributed by atoms with van der Waals surface area (Å²) in [5.41, 5.74) is 16.7. The van der Waals surface area contributed by atoms with Gasteiger partial charge in [0, 0.05) is 38.7 Å². The number of hydrogen-bond acceptors (Lipinski definition) is 2. The number of fused-ring (bicyclic) bond motifs is 11. The van der Waals surface area contributed by atoms with E-state index in [9.17, 15) is 0 Å². The van der Waals surface area contributed by atoms with Crippen molar-refractivity contribution in [3.63, 3.8) is 0 Å². The Morgan fingerprint density at radius 1 is 0.403 bits per heavy atom. The van der Waals surface area contributed by atoms with Crippen molar-refractivity contribution in [3.05, 3.63) is 228 Å². The Morgan fingerprint density at radius 2 is 0.919 bits per heavy atom. The minimum absolute atomic E-state index is 0.0787. The number of hydrogen-bond donors (Lipinski definition) is 0. The van der Waals surface area contributed by atoms with Crippen LogP contribution in [0.2, 0.25) is 0 Å². The van der Waals surface area contributed by atoms with Gasteiger partial charge < -0.3 is 9.80 Å². The first-order chi connectivity index (χ1) is 30.3. The van der Waals surface area contributed by atoms with Crippen molar-refractivity contribution in [1.29, 1.82) is 0 Å². The van der Waals surface area contributed by atoms with E-state index >= 15 is 0 Å². The molecule has 3 aliphatic carbocycles. The van der Waals surface area contributed by atoms with E-state index in [1.165, 1.54) is 93.9 Å². The van der Waals surface area contributed by atoms with Gasteiger partial charge in [-0.1, -0.05) is 179 Å². The van der Waals surface area contributed by atoms with Gasteiger partial charge in [-0.15, -0.1) is 0 Å². The van der Waals surface area contributed by atoms with E-state index in [0.29, 0.717) is 0 Å². The van der Waals surface area contributed by atoms with Crippen molar-refractivity contribution in [2.45, 2.75) is 51.0 Å². The van der Waals surface area contributed by atoms with E-state index in [2.05, 4.69) is 238 Å². The Hall–Kier alpha value is -7.16. The fourth-order valence-electron chi connectivity index (χ4n) is 11.3. The molecule has 12 rings (SSSR count). The van der Waals surface area contributed by atoms with E-state index < -0.39 is 0 Å². The first-order valence-electron chi connectivity index (χ1n) is 22.1. The highest BCUT2D eigenvalue weighted by atomic mass is 15.2. The van der Waals surface area contributed by atoms with Crippen LogP contribution in [0.15, 0.2) is 206 Å². The smallest absolute Gasteiger partial charge is 0.0563 e. The maximum Gasteiger partial charge on any atom is 0.0563 e. The summed E-state index contributed by atoms with van der Waals surface area (Å²) in [7, 11) is 0. The molecule has 0 fully saturated rings. The summed E-state index contributed by atoms with van der Waals surface area (Å²) in [6, 6.07) is 70.2. The molecule has 62 heavy (non-hydrogen) atoms. The normalized spacial score (nSPS) is 16.6. The third-order valence-corrected chi connectivity index (χ3v) is 14.3. The lowest BCUT2D eigenvalue weighted by Crippen LogP contribution is -2.32. The Labute approximate surface area is 364 Å². The molecule has 9 aromatic rings. The van der Waals surface area contributed by atoms with Gasteiger partial charge in [0.05, 0.1) is 17.4 Å². The molecule has 0 amide bonds. The van der Waals surface area contributed by atoms with Crippen molar-refractivity contribution in [3.8, 4) is 11.1 Å². The zero-order valence-electron chi connectivity index (χ0n) is 35.7. The lowest BCUT2D eigenvalue weighted by molar-refractivity contribution is 0.645. The maximum absolute atomic E-state index is 2.62. The Kier molecular flexibility index (Phi) is 8.09. The lowest BCUT2D eigenvalue weighted by Gasteiger charge is -2.36. The standard InChI is InChI=1S/C60H48N2/c1-59(2)53-29-17-15-25-45(53)47-33-31-41(35-55(47)59)61(39-19-7-5-8-20-39)57-37-51-44-24-12-14-28-50(44)58(38-52(51)43-23-11-13-27-49(43)57)62(40-21-9-6-10-22-40)42-32-34-48-46-26-16-18-30-54(46)60(3,4)56(48)36-42/h5-31,33-38,42H,32H2,1-4H3. The van der Waals surface area contributed by atoms with Crippen molar-refractivity contribution in [1.82, 2.24) is 0 Å². The van der Waals surface area contributed by atoms with Gasteiger partial charge in [-0.25, -0.2) is 0 Å². The quantitative estimate of drug-likeness (QED) is 0.155. The summed E-state index contributed by atoms with van der Waals surface area (Å²) in [5.74, 6) is 0. The average Bonchev–Trinajstić information content (AvgIpc) is 3.69. The summed E-state index contributed by atoms with van der Waals surface area (Å²) in [4.78, 5) is 5.10. The molecule has 3 aliphatic rings. The Bertz CT molecular complexity index is 3330. The van der Waals surface area contributed by atoms with Crippen LogP contribution in [0.4, 0.5) is 28.4 Å². The van der Waals surface area contributed by atoms with E-state index in [0.717, 1.165) is 17.8 Å². The molecular weight excluding hydrogens is 749 g/mol. The van der Waals surface area contributed by atoms with Gasteiger partial charge in [-0.05, 0) is 121 Å². The van der Waals surface area contributed by atoms with E-state index in [-0.39, 0.29) is 16.9 Å². The number of allylic oxidation sites excluding steroid dienone is 2. The predicted octanol–water partition coefficient (Wildman–Crippen LogP) is 16.1. The first kappa shape index (κ1) is 36.7. The predicted molar refractivity (Wildman–Crippen MR) is 264 cm³/mol. The molecular formula is C60H48N2. The van der Waals surface area contributed by atoms with Gasteiger partial charge in [0.1, 0.15) is 0 Å². The SMILES string of the molecule is CC1(C)C2=CC(N(c3ccccc3)c3cc4c5ccccc5c(N(c5ccccc5)c5ccc6c(c5)C(C)(C)c5ccccc5-6)cc4c4ccccc34)CC=C2c2ccccc21. The molecule has 0 saturated heterocycles. The molecule has 0 aliphatic heterocycles. The lowest BCUT2D eigenvalue weighted by atomic mass is 9.79. The molecule has 9 aromatic carbocycles. The van der Waals surface area contributed by atoms with Gasteiger partial charge in [-0.3, -0.25) is 0 Å². The second-order valence-corrected chi connectivity index (χ2v) is 18.4. The monoisotopic (exact) mass is 796 g/mol. The van der Waals surface area contributed by atoms with Crippen LogP contribution < -0.4 is 9.80 Å². The number of nitrogens with zero attached hydrogens (tertiary/aromatic N) is 2. The average molecular weight is 797 g/mol. The topological polar surface area (TPSA) is 6.48 Å². The van der Waals surface area contributed by atoms with Crippen LogP contribution in [0.3, 0.4) is 0 Å². The summed E-state index contributed by atoms with van der Waals surface area (Å²) in [5, 5.41) is 7.46. The summed E-state index contributed by atoms with van der Waals surface area (Å²) < 4.78 is 0. The van der Waals surface area contributed by atoms with Gasteiger partial charge in [0.25, 0.3) is 0 Å². The summed E-state index contributed by atoms with van der Waals surface area (Å²) in [6.45, 7) is 9.53. The largest absolute Gasteiger partial charge is 0.334 e. The molecule has 2 nitrogen and oxygen atoms in total. The third-order valence-electron chi connectivity index (χ3n) is 14.3. The summed E-state index contributed by atoms with van der Waals surface area (Å²) >= 11 is 0. The minimum atomic E-state index is -0.115. The first-order valence-corrected chi connectivity index (χ1v) is 22.1. The minimum Gasteiger partial charge on any atom is -0.334 e. The molecule has 0 bridgehead atoms. The zero-order chi connectivity index (χ0) is 41.7. The molecule has 0 saturated carbocycles. The summed E-state index contributed by atoms with van der Waals surface area (Å²) in [6.07, 6.45) is 6.00. The van der Waals surface area contributed by atoms with Crippen molar-refractivity contribution < 1.29 is 0 Å². The Morgan fingerprint density at radius 3 is 1.60 bits per heavy atom. The van der Waals surface area contributed by atoms with Crippen LogP contribution in [-0.2, 0) is 10.8 Å². The second-order valence-electron chi connectivity index (χ2n) is 18.4. The molecule has 1 atom stereocenters. The fourth-order valence-corrected chi connectivity index (χ4v) is 11.3. The zero-order valence-corrected chi connectivity index (χ0v) is 35.7. The van der Waals surface area contributed by atoms with Gasteiger partial charge >= 0.3 is 0 Å². The molecule has 0 aromatic heterocycles. The molecule has 298 valence electrons. The van der Waals surface area contributed by atoms with Crippen LogP contribution in [0.25, 0.3) is 49.0 Å². The highest BCUT2D eigenvalue weighted by molar-refractivity contribution is 6.24. The van der Waals surface area contributed by atoms with Gasteiger partial charge in [0.2, 0.25) is 0 Å². The van der Waals surface area contributed by atoms with Crippen LogP contribution in [0.1, 0.15) is 56.4 Å². The van der Waals surface area contributed by atoms with Crippen molar-refractivity contribution in [2.24, 2.45) is 0 Å². The molecule has 1 unspecified atom stereocenters. The van der Waals surface area contributed by atoms with Gasteiger partial charge in [0.15, 0.2) is 0 Å². The van der Waals surface area contributed by atoms with E-state index in [4.69, 9.17) is 0 Å². The van der Waals surface area contributed by atoms with Crippen LogP contribution in [-0.4, -0.2) is 6.04 Å². The molecule has 0 radical (unpaired) electrons. The number of benzene rings is 9. The molecule has 2 heteroatoms. The van der Waals surface area contributed by atoms with E-state index in [1.54, 1.807) is 0 Å². The maximum atomic E-state index is 2.62. The fraction of sp³-hybridized carbons (Fsp3) is 0.133. The number of para-hydroxylation sites is 2. The number of anilines is 5. The molecule has 0 heterocycles. The van der Waals surface area contributed by atoms with Crippen molar-refractivity contribution >= 4 is 66.3 Å². The number of rotatable bonds is 6. The third kappa shape index (κ3) is 5.36. The van der Waals surface area contributed by atoms with Crippen LogP contribution in [0, 0.1) is 0 Å².